The van der Waals surface area contributed by atoms with E-state index in [1.807, 2.05) is 0 Å². The maximum absolute atomic E-state index is 11.4. The van der Waals surface area contributed by atoms with Crippen LogP contribution in [0.5, 0.6) is 0 Å². The van der Waals surface area contributed by atoms with Crippen molar-refractivity contribution in [2.45, 2.75) is 75.7 Å². The standard InChI is InChI=1S/C14H29N.C2F6NO4S2/c1-3-4-5-6-7-8-10-14-11-9-12-15(2)13-14;3-1(4,5)14(10,11)9-15(12,13)2(6,7)8/h14H,3-13H2,1-2H3;/q;-1/p+1. The Balaban J connectivity index is 0.000000561. The number of halogens is 6. The van der Waals surface area contributed by atoms with Crippen molar-refractivity contribution in [3.63, 3.8) is 0 Å². The predicted molar refractivity (Wildman–Crippen MR) is 101 cm³/mol. The van der Waals surface area contributed by atoms with Crippen molar-refractivity contribution < 1.29 is 48.1 Å². The van der Waals surface area contributed by atoms with Gasteiger partial charge in [0.1, 0.15) is 0 Å². The summed E-state index contributed by atoms with van der Waals surface area (Å²) < 4.78 is 109. The number of sulfonamides is 2. The molecule has 2 atom stereocenters. The number of rotatable bonds is 9. The second-order valence-corrected chi connectivity index (χ2v) is 10.8. The van der Waals surface area contributed by atoms with E-state index in [2.05, 4.69) is 14.0 Å². The van der Waals surface area contributed by atoms with Crippen molar-refractivity contribution >= 4 is 20.0 Å². The Hall–Kier alpha value is -0.600. The van der Waals surface area contributed by atoms with Crippen LogP contribution in [-0.2, 0) is 20.0 Å². The Morgan fingerprint density at radius 1 is 0.867 bits per heavy atom. The summed E-state index contributed by atoms with van der Waals surface area (Å²) in [5.41, 5.74) is -12.4. The molecule has 0 aromatic heterocycles. The highest BCUT2D eigenvalue weighted by molar-refractivity contribution is 8.13. The van der Waals surface area contributed by atoms with Crippen LogP contribution in [-0.4, -0.2) is 48.0 Å². The van der Waals surface area contributed by atoms with Crippen LogP contribution in [0, 0.1) is 5.92 Å². The van der Waals surface area contributed by atoms with E-state index in [1.165, 1.54) is 70.9 Å². The van der Waals surface area contributed by atoms with Crippen molar-refractivity contribution in [3.05, 3.63) is 4.13 Å². The van der Waals surface area contributed by atoms with Gasteiger partial charge in [0, 0.05) is 5.92 Å². The fourth-order valence-electron chi connectivity index (χ4n) is 3.06. The SMILES string of the molecule is CCCCCCCCC1CCC[NH+](C)C1.O=S(=O)([N-]S(=O)(=O)C(F)(F)F)C(F)(F)F. The highest BCUT2D eigenvalue weighted by atomic mass is 32.3. The maximum atomic E-state index is 11.4. The Kier molecular flexibility index (Phi) is 12.2. The van der Waals surface area contributed by atoms with Gasteiger partial charge in [-0.25, -0.2) is 16.8 Å². The number of quaternary nitrogens is 1. The highest BCUT2D eigenvalue weighted by Gasteiger charge is 2.46. The van der Waals surface area contributed by atoms with Crippen LogP contribution in [0.25, 0.3) is 4.13 Å². The molecule has 1 saturated heterocycles. The van der Waals surface area contributed by atoms with Crippen LogP contribution in [0.15, 0.2) is 0 Å². The summed E-state index contributed by atoms with van der Waals surface area (Å²) >= 11 is 0. The maximum Gasteiger partial charge on any atom is 0.480 e. The molecule has 0 aromatic rings. The van der Waals surface area contributed by atoms with Crippen molar-refractivity contribution in [2.24, 2.45) is 5.92 Å². The van der Waals surface area contributed by atoms with Crippen LogP contribution >= 0.6 is 0 Å². The zero-order valence-corrected chi connectivity index (χ0v) is 18.7. The largest absolute Gasteiger partial charge is 0.480 e. The molecule has 1 aliphatic rings. The molecule has 0 aliphatic carbocycles. The van der Waals surface area contributed by atoms with E-state index in [0.29, 0.717) is 0 Å². The van der Waals surface area contributed by atoms with Crippen LogP contribution in [0.1, 0.15) is 64.7 Å². The third kappa shape index (κ3) is 11.1. The number of likely N-dealkylation sites (tertiary alicyclic amines) is 1. The van der Waals surface area contributed by atoms with Crippen molar-refractivity contribution in [1.29, 1.82) is 0 Å². The van der Waals surface area contributed by atoms with Crippen LogP contribution in [0.3, 0.4) is 0 Å². The van der Waals surface area contributed by atoms with E-state index in [4.69, 9.17) is 0 Å². The summed E-state index contributed by atoms with van der Waals surface area (Å²) in [6, 6.07) is 0. The van der Waals surface area contributed by atoms with Gasteiger partial charge in [-0.3, -0.25) is 0 Å². The van der Waals surface area contributed by atoms with Gasteiger partial charge >= 0.3 is 11.0 Å². The number of hydrogen-bond acceptors (Lipinski definition) is 4. The van der Waals surface area contributed by atoms with E-state index in [1.54, 1.807) is 4.90 Å². The first kappa shape index (κ1) is 29.4. The zero-order chi connectivity index (χ0) is 23.6. The number of nitrogens with zero attached hydrogens (tertiary/aromatic N) is 1. The molecule has 0 amide bonds. The van der Waals surface area contributed by atoms with Gasteiger partial charge in [-0.2, -0.15) is 26.3 Å². The normalized spacial score (nSPS) is 21.1. The van der Waals surface area contributed by atoms with E-state index in [-0.39, 0.29) is 0 Å². The Bertz CT molecular complexity index is 652. The summed E-state index contributed by atoms with van der Waals surface area (Å²) in [5, 5.41) is 0. The van der Waals surface area contributed by atoms with Crippen LogP contribution in [0.4, 0.5) is 26.3 Å². The quantitative estimate of drug-likeness (QED) is 0.393. The molecule has 1 heterocycles. The molecule has 0 spiro atoms. The van der Waals surface area contributed by atoms with E-state index >= 15 is 0 Å². The molecular weight excluding hydrogens is 462 g/mol. The second kappa shape index (κ2) is 12.4. The number of alkyl halides is 6. The number of piperidine rings is 1. The third-order valence-corrected chi connectivity index (χ3v) is 7.34. The van der Waals surface area contributed by atoms with Gasteiger partial charge in [-0.1, -0.05) is 45.4 Å². The van der Waals surface area contributed by atoms with Gasteiger partial charge < -0.3 is 9.03 Å². The van der Waals surface area contributed by atoms with Crippen LogP contribution < -0.4 is 4.90 Å². The fraction of sp³-hybridized carbons (Fsp3) is 1.00. The van der Waals surface area contributed by atoms with Gasteiger partial charge in [0.25, 0.3) is 0 Å². The molecule has 14 heteroatoms. The Morgan fingerprint density at radius 2 is 1.33 bits per heavy atom. The van der Waals surface area contributed by atoms with E-state index in [0.717, 1.165) is 10.0 Å². The summed E-state index contributed by atoms with van der Waals surface area (Å²) in [6.07, 6.45) is 13.2. The molecule has 6 nitrogen and oxygen atoms in total. The first-order chi connectivity index (χ1) is 13.5. The fourth-order valence-corrected chi connectivity index (χ4v) is 4.77. The average molecular weight is 493 g/mol. The minimum Gasteiger partial charge on any atom is -0.421 e. The molecule has 1 fully saturated rings. The average Bonchev–Trinajstić information content (AvgIpc) is 2.56. The molecule has 1 N–H and O–H groups in total. The minimum absolute atomic E-state index is 0.778. The molecule has 0 saturated carbocycles. The smallest absolute Gasteiger partial charge is 0.421 e. The van der Waals surface area contributed by atoms with Gasteiger partial charge in [-0.05, 0) is 19.3 Å². The molecule has 1 rings (SSSR count). The Labute approximate surface area is 174 Å². The number of unbranched alkanes of at least 4 members (excludes halogenated alkanes) is 5. The molecule has 0 bridgehead atoms. The monoisotopic (exact) mass is 492 g/mol. The predicted octanol–water partition coefficient (Wildman–Crippen LogP) is 3.72. The van der Waals surface area contributed by atoms with Crippen molar-refractivity contribution in [1.82, 2.24) is 0 Å². The zero-order valence-electron chi connectivity index (χ0n) is 17.0. The first-order valence-corrected chi connectivity index (χ1v) is 12.6. The lowest BCUT2D eigenvalue weighted by Gasteiger charge is -2.26. The summed E-state index contributed by atoms with van der Waals surface area (Å²) in [7, 11) is -11.1. The van der Waals surface area contributed by atoms with E-state index in [9.17, 15) is 43.2 Å². The first-order valence-electron chi connectivity index (χ1n) is 9.71. The minimum atomic E-state index is -6.72. The second-order valence-electron chi connectivity index (χ2n) is 7.39. The number of nitrogens with one attached hydrogen (secondary N) is 1. The topological polar surface area (TPSA) is 86.8 Å². The molecule has 30 heavy (non-hydrogen) atoms. The summed E-state index contributed by atoms with van der Waals surface area (Å²) in [5.74, 6) is 1.05. The molecule has 0 radical (unpaired) electrons. The van der Waals surface area contributed by atoms with Crippen molar-refractivity contribution in [2.75, 3.05) is 20.1 Å². The summed E-state index contributed by atoms with van der Waals surface area (Å²) in [6.45, 7) is 5.14. The van der Waals surface area contributed by atoms with Gasteiger partial charge in [0.2, 0.25) is 0 Å². The third-order valence-electron chi connectivity index (χ3n) is 4.60. The molecule has 0 aromatic carbocycles. The highest BCUT2D eigenvalue weighted by Crippen LogP contribution is 2.36. The number of hydrogen-bond donors (Lipinski definition) is 1. The molecule has 182 valence electrons. The van der Waals surface area contributed by atoms with Gasteiger partial charge in [-0.15, -0.1) is 0 Å². The lowest BCUT2D eigenvalue weighted by atomic mass is 9.92. The lowest BCUT2D eigenvalue weighted by Crippen LogP contribution is -3.10. The summed E-state index contributed by atoms with van der Waals surface area (Å²) in [4.78, 5) is 1.76. The van der Waals surface area contributed by atoms with Crippen LogP contribution in [0.2, 0.25) is 0 Å². The Morgan fingerprint density at radius 3 is 1.77 bits per heavy atom. The lowest BCUT2D eigenvalue weighted by molar-refractivity contribution is -0.888. The van der Waals surface area contributed by atoms with Gasteiger partial charge in [0.15, 0.2) is 20.0 Å². The van der Waals surface area contributed by atoms with Crippen molar-refractivity contribution in [3.8, 4) is 0 Å². The van der Waals surface area contributed by atoms with Gasteiger partial charge in [0.05, 0.1) is 20.1 Å². The van der Waals surface area contributed by atoms with E-state index < -0.39 is 31.1 Å². The molecule has 1 aliphatic heterocycles. The molecule has 2 unspecified atom stereocenters. The molecular formula is C16H30F6N2O4S2.